The quantitative estimate of drug-likeness (QED) is 0.802. The van der Waals surface area contributed by atoms with Crippen LogP contribution in [0.5, 0.6) is 0 Å². The molecule has 0 fully saturated rings. The van der Waals surface area contributed by atoms with Gasteiger partial charge in [0, 0.05) is 18.1 Å². The lowest BCUT2D eigenvalue weighted by molar-refractivity contribution is 0.252. The van der Waals surface area contributed by atoms with Gasteiger partial charge in [-0.25, -0.2) is 14.2 Å². The molecule has 1 heterocycles. The lowest BCUT2D eigenvalue weighted by Crippen LogP contribution is -2.29. The molecule has 0 aliphatic heterocycles. The third kappa shape index (κ3) is 4.62. The van der Waals surface area contributed by atoms with E-state index in [0.717, 1.165) is 24.3 Å². The topological polar surface area (TPSA) is 54.0 Å². The number of nitrogens with zero attached hydrogens (tertiary/aromatic N) is 1. The first-order valence-electron chi connectivity index (χ1n) is 6.43. The zero-order chi connectivity index (χ0) is 14.2. The number of unbranched alkanes of at least 4 members (excludes halogenated alkanes) is 1. The maximum Gasteiger partial charge on any atom is 0.319 e. The van der Waals surface area contributed by atoms with Crippen molar-refractivity contribution >= 4 is 23.1 Å². The van der Waals surface area contributed by atoms with E-state index in [1.807, 2.05) is 5.38 Å². The van der Waals surface area contributed by atoms with Crippen LogP contribution in [0.4, 0.5) is 14.9 Å². The molecule has 0 saturated carbocycles. The molecular formula is C14H16FN3OS. The summed E-state index contributed by atoms with van der Waals surface area (Å²) in [7, 11) is 0. The SMILES string of the molecule is O=C(NCCCCc1nccs1)Nc1ccccc1F. The third-order valence-electron chi connectivity index (χ3n) is 2.71. The molecule has 2 rings (SSSR count). The monoisotopic (exact) mass is 293 g/mol. The molecule has 20 heavy (non-hydrogen) atoms. The van der Waals surface area contributed by atoms with Crippen LogP contribution in [0.3, 0.4) is 0 Å². The minimum Gasteiger partial charge on any atom is -0.338 e. The fourth-order valence-electron chi connectivity index (χ4n) is 1.71. The number of halogens is 1. The van der Waals surface area contributed by atoms with Crippen molar-refractivity contribution in [3.63, 3.8) is 0 Å². The highest BCUT2D eigenvalue weighted by atomic mass is 32.1. The molecule has 0 aliphatic rings. The summed E-state index contributed by atoms with van der Waals surface area (Å²) in [5, 5.41) is 8.25. The van der Waals surface area contributed by atoms with Gasteiger partial charge in [-0.05, 0) is 31.4 Å². The molecule has 106 valence electrons. The van der Waals surface area contributed by atoms with Gasteiger partial charge in [-0.3, -0.25) is 0 Å². The summed E-state index contributed by atoms with van der Waals surface area (Å²) in [6.45, 7) is 0.561. The molecule has 6 heteroatoms. The van der Waals surface area contributed by atoms with Crippen molar-refractivity contribution < 1.29 is 9.18 Å². The van der Waals surface area contributed by atoms with E-state index in [1.54, 1.807) is 29.7 Å². The molecular weight excluding hydrogens is 277 g/mol. The van der Waals surface area contributed by atoms with Crippen LogP contribution in [0, 0.1) is 5.82 Å². The number of rotatable bonds is 6. The number of hydrogen-bond acceptors (Lipinski definition) is 3. The predicted octanol–water partition coefficient (Wildman–Crippen LogP) is 3.43. The van der Waals surface area contributed by atoms with Crippen LogP contribution < -0.4 is 10.6 Å². The van der Waals surface area contributed by atoms with E-state index in [2.05, 4.69) is 15.6 Å². The zero-order valence-corrected chi connectivity index (χ0v) is 11.8. The van der Waals surface area contributed by atoms with Crippen LogP contribution >= 0.6 is 11.3 Å². The first kappa shape index (κ1) is 14.5. The maximum absolute atomic E-state index is 13.3. The first-order chi connectivity index (χ1) is 9.75. The van der Waals surface area contributed by atoms with E-state index < -0.39 is 5.82 Å². The number of carbonyl (C=O) groups is 1. The van der Waals surface area contributed by atoms with Crippen LogP contribution in [0.2, 0.25) is 0 Å². The highest BCUT2D eigenvalue weighted by Crippen LogP contribution is 2.12. The maximum atomic E-state index is 13.3. The van der Waals surface area contributed by atoms with Crippen LogP contribution in [-0.4, -0.2) is 17.6 Å². The number of para-hydroxylation sites is 1. The van der Waals surface area contributed by atoms with Gasteiger partial charge in [0.05, 0.1) is 10.7 Å². The van der Waals surface area contributed by atoms with E-state index in [1.165, 1.54) is 12.1 Å². The third-order valence-corrected chi connectivity index (χ3v) is 3.55. The number of urea groups is 1. The molecule has 4 nitrogen and oxygen atoms in total. The van der Waals surface area contributed by atoms with Crippen molar-refractivity contribution in [2.75, 3.05) is 11.9 Å². The average Bonchev–Trinajstić information content (AvgIpc) is 2.94. The van der Waals surface area contributed by atoms with Gasteiger partial charge in [0.25, 0.3) is 0 Å². The number of amides is 2. The molecule has 2 amide bonds. The van der Waals surface area contributed by atoms with Crippen LogP contribution in [0.1, 0.15) is 17.8 Å². The lowest BCUT2D eigenvalue weighted by Gasteiger charge is -2.07. The molecule has 0 bridgehead atoms. The van der Waals surface area contributed by atoms with Gasteiger partial charge in [-0.2, -0.15) is 0 Å². The predicted molar refractivity (Wildman–Crippen MR) is 78.5 cm³/mol. The summed E-state index contributed by atoms with van der Waals surface area (Å²) in [5.74, 6) is -0.439. The molecule has 0 radical (unpaired) electrons. The molecule has 0 aliphatic carbocycles. The zero-order valence-electron chi connectivity index (χ0n) is 10.9. The Morgan fingerprint density at radius 2 is 2.15 bits per heavy atom. The smallest absolute Gasteiger partial charge is 0.319 e. The average molecular weight is 293 g/mol. The van der Waals surface area contributed by atoms with Crippen LogP contribution in [0.25, 0.3) is 0 Å². The molecule has 2 aromatic rings. The Bertz CT molecular complexity index is 545. The van der Waals surface area contributed by atoms with Crippen molar-refractivity contribution in [3.05, 3.63) is 46.7 Å². The van der Waals surface area contributed by atoms with E-state index in [4.69, 9.17) is 0 Å². The molecule has 2 N–H and O–H groups in total. The van der Waals surface area contributed by atoms with Gasteiger partial charge in [0.1, 0.15) is 5.82 Å². The number of aryl methyl sites for hydroxylation is 1. The summed E-state index contributed by atoms with van der Waals surface area (Å²) < 4.78 is 13.3. The number of aromatic nitrogens is 1. The summed E-state index contributed by atoms with van der Waals surface area (Å²) in [6.07, 6.45) is 4.55. The van der Waals surface area contributed by atoms with Crippen molar-refractivity contribution in [1.82, 2.24) is 10.3 Å². The van der Waals surface area contributed by atoms with Gasteiger partial charge < -0.3 is 10.6 Å². The largest absolute Gasteiger partial charge is 0.338 e. The number of hydrogen-bond donors (Lipinski definition) is 2. The Hall–Kier alpha value is -1.95. The summed E-state index contributed by atoms with van der Waals surface area (Å²) in [6, 6.07) is 5.70. The Morgan fingerprint density at radius 1 is 1.30 bits per heavy atom. The Balaban J connectivity index is 1.62. The fourth-order valence-corrected chi connectivity index (χ4v) is 2.37. The lowest BCUT2D eigenvalue weighted by atomic mass is 10.2. The number of carbonyl (C=O) groups excluding carboxylic acids is 1. The number of nitrogens with one attached hydrogen (secondary N) is 2. The van der Waals surface area contributed by atoms with Crippen LogP contribution in [-0.2, 0) is 6.42 Å². The number of thiazole rings is 1. The Morgan fingerprint density at radius 3 is 2.90 bits per heavy atom. The van der Waals surface area contributed by atoms with Gasteiger partial charge >= 0.3 is 6.03 Å². The molecule has 0 saturated heterocycles. The van der Waals surface area contributed by atoms with Crippen LogP contribution in [0.15, 0.2) is 35.8 Å². The van der Waals surface area contributed by atoms with Crippen molar-refractivity contribution in [1.29, 1.82) is 0 Å². The first-order valence-corrected chi connectivity index (χ1v) is 7.31. The molecule has 0 spiro atoms. The van der Waals surface area contributed by atoms with Gasteiger partial charge in [-0.1, -0.05) is 12.1 Å². The molecule has 1 aromatic heterocycles. The minimum atomic E-state index is -0.439. The van der Waals surface area contributed by atoms with E-state index >= 15 is 0 Å². The number of anilines is 1. The standard InChI is InChI=1S/C14H16FN3OS/c15-11-5-1-2-6-12(11)18-14(19)17-8-4-3-7-13-16-9-10-20-13/h1-2,5-6,9-10H,3-4,7-8H2,(H2,17,18,19). The highest BCUT2D eigenvalue weighted by molar-refractivity contribution is 7.09. The van der Waals surface area contributed by atoms with E-state index in [-0.39, 0.29) is 11.7 Å². The normalized spacial score (nSPS) is 10.2. The van der Waals surface area contributed by atoms with Gasteiger partial charge in [0.15, 0.2) is 0 Å². The van der Waals surface area contributed by atoms with Crippen molar-refractivity contribution in [3.8, 4) is 0 Å². The second-order valence-electron chi connectivity index (χ2n) is 4.24. The summed E-state index contributed by atoms with van der Waals surface area (Å²) in [4.78, 5) is 15.7. The Labute approximate surface area is 121 Å². The molecule has 0 atom stereocenters. The Kier molecular flexibility index (Phi) is 5.49. The minimum absolute atomic E-state index is 0.188. The second-order valence-corrected chi connectivity index (χ2v) is 5.22. The highest BCUT2D eigenvalue weighted by Gasteiger charge is 2.04. The van der Waals surface area contributed by atoms with Crippen molar-refractivity contribution in [2.45, 2.75) is 19.3 Å². The van der Waals surface area contributed by atoms with Crippen molar-refractivity contribution in [2.24, 2.45) is 0 Å². The second kappa shape index (κ2) is 7.59. The summed E-state index contributed by atoms with van der Waals surface area (Å²) >= 11 is 1.64. The van der Waals surface area contributed by atoms with E-state index in [9.17, 15) is 9.18 Å². The molecule has 0 unspecified atom stereocenters. The van der Waals surface area contributed by atoms with Gasteiger partial charge in [0.2, 0.25) is 0 Å². The summed E-state index contributed by atoms with van der Waals surface area (Å²) in [5.41, 5.74) is 0.188. The number of benzene rings is 1. The van der Waals surface area contributed by atoms with E-state index in [0.29, 0.717) is 6.54 Å². The van der Waals surface area contributed by atoms with Gasteiger partial charge in [-0.15, -0.1) is 11.3 Å². The fraction of sp³-hybridized carbons (Fsp3) is 0.286. The molecule has 1 aromatic carbocycles.